The molecule has 0 aliphatic carbocycles. The van der Waals surface area contributed by atoms with Crippen molar-refractivity contribution in [3.63, 3.8) is 0 Å². The number of anilines is 1. The second-order valence-electron chi connectivity index (χ2n) is 7.19. The van der Waals surface area contributed by atoms with Crippen LogP contribution in [0.2, 0.25) is 0 Å². The van der Waals surface area contributed by atoms with Gasteiger partial charge in [0.15, 0.2) is 0 Å². The van der Waals surface area contributed by atoms with Crippen LogP contribution in [-0.2, 0) is 11.2 Å². The Morgan fingerprint density at radius 2 is 1.96 bits per heavy atom. The largest absolute Gasteiger partial charge is 0.353 e. The SMILES string of the molecule is Cc1ccnc(N2CCC(C(=O)NC(C)CCc3ccccc3)CC2)n1. The maximum Gasteiger partial charge on any atom is 0.225 e. The monoisotopic (exact) mass is 352 g/mol. The molecule has 0 radical (unpaired) electrons. The molecular weight excluding hydrogens is 324 g/mol. The van der Waals surface area contributed by atoms with Crippen LogP contribution in [0.4, 0.5) is 5.95 Å². The Morgan fingerprint density at radius 3 is 2.65 bits per heavy atom. The number of amides is 1. The number of benzene rings is 1. The molecule has 1 aromatic heterocycles. The molecule has 138 valence electrons. The first kappa shape index (κ1) is 18.4. The van der Waals surface area contributed by atoms with E-state index in [4.69, 9.17) is 0 Å². The summed E-state index contributed by atoms with van der Waals surface area (Å²) < 4.78 is 0. The lowest BCUT2D eigenvalue weighted by molar-refractivity contribution is -0.126. The van der Waals surface area contributed by atoms with Crippen molar-refractivity contribution in [1.82, 2.24) is 15.3 Å². The highest BCUT2D eigenvalue weighted by molar-refractivity contribution is 5.79. The summed E-state index contributed by atoms with van der Waals surface area (Å²) in [5.41, 5.74) is 2.29. The van der Waals surface area contributed by atoms with Gasteiger partial charge in [0.2, 0.25) is 11.9 Å². The number of rotatable bonds is 6. The Hall–Kier alpha value is -2.43. The minimum atomic E-state index is 0.0928. The van der Waals surface area contributed by atoms with Crippen LogP contribution in [0, 0.1) is 12.8 Å². The number of carbonyl (C=O) groups excluding carboxylic acids is 1. The second kappa shape index (κ2) is 8.79. The molecule has 1 aromatic carbocycles. The van der Waals surface area contributed by atoms with Gasteiger partial charge in [0, 0.05) is 36.9 Å². The van der Waals surface area contributed by atoms with Crippen LogP contribution in [0.1, 0.15) is 37.4 Å². The average Bonchev–Trinajstić information content (AvgIpc) is 2.67. The molecule has 0 saturated carbocycles. The Kier molecular flexibility index (Phi) is 6.21. The van der Waals surface area contributed by atoms with Crippen LogP contribution in [-0.4, -0.2) is 35.0 Å². The van der Waals surface area contributed by atoms with Crippen LogP contribution >= 0.6 is 0 Å². The Balaban J connectivity index is 1.43. The zero-order chi connectivity index (χ0) is 18.4. The van der Waals surface area contributed by atoms with Crippen LogP contribution in [0.5, 0.6) is 0 Å². The highest BCUT2D eigenvalue weighted by Gasteiger charge is 2.26. The van der Waals surface area contributed by atoms with Gasteiger partial charge >= 0.3 is 0 Å². The minimum absolute atomic E-state index is 0.0928. The number of aromatic nitrogens is 2. The van der Waals surface area contributed by atoms with Crippen molar-refractivity contribution in [2.75, 3.05) is 18.0 Å². The van der Waals surface area contributed by atoms with Crippen molar-refractivity contribution >= 4 is 11.9 Å². The van der Waals surface area contributed by atoms with E-state index in [0.717, 1.165) is 50.4 Å². The highest BCUT2D eigenvalue weighted by atomic mass is 16.1. The van der Waals surface area contributed by atoms with E-state index in [0.29, 0.717) is 0 Å². The zero-order valence-electron chi connectivity index (χ0n) is 15.7. The van der Waals surface area contributed by atoms with Gasteiger partial charge in [-0.2, -0.15) is 0 Å². The molecule has 0 spiro atoms. The molecule has 1 fully saturated rings. The lowest BCUT2D eigenvalue weighted by Crippen LogP contribution is -2.43. The van der Waals surface area contributed by atoms with Crippen LogP contribution in [0.3, 0.4) is 0 Å². The summed E-state index contributed by atoms with van der Waals surface area (Å²) in [6.45, 7) is 5.73. The van der Waals surface area contributed by atoms with Crippen LogP contribution in [0.25, 0.3) is 0 Å². The third kappa shape index (κ3) is 5.04. The Morgan fingerprint density at radius 1 is 1.23 bits per heavy atom. The standard InChI is InChI=1S/C21H28N4O/c1-16(8-9-18-6-4-3-5-7-18)23-20(26)19-11-14-25(15-12-19)21-22-13-10-17(2)24-21/h3-7,10,13,16,19H,8-9,11-12,14-15H2,1-2H3,(H,23,26). The molecule has 1 aliphatic heterocycles. The summed E-state index contributed by atoms with van der Waals surface area (Å²) >= 11 is 0. The summed E-state index contributed by atoms with van der Waals surface area (Å²) in [4.78, 5) is 23.6. The van der Waals surface area contributed by atoms with Crippen LogP contribution < -0.4 is 10.2 Å². The smallest absolute Gasteiger partial charge is 0.225 e. The first-order valence-electron chi connectivity index (χ1n) is 9.50. The molecule has 1 saturated heterocycles. The Labute approximate surface area is 155 Å². The van der Waals surface area contributed by atoms with E-state index >= 15 is 0 Å². The molecule has 1 N–H and O–H groups in total. The Bertz CT molecular complexity index is 711. The third-order valence-corrected chi connectivity index (χ3v) is 5.03. The summed E-state index contributed by atoms with van der Waals surface area (Å²) in [7, 11) is 0. The molecule has 1 aliphatic rings. The molecule has 2 heterocycles. The highest BCUT2D eigenvalue weighted by Crippen LogP contribution is 2.21. The molecule has 5 nitrogen and oxygen atoms in total. The molecule has 1 unspecified atom stereocenters. The van der Waals surface area contributed by atoms with Gasteiger partial charge in [0.05, 0.1) is 0 Å². The van der Waals surface area contributed by atoms with Crippen molar-refractivity contribution in [1.29, 1.82) is 0 Å². The maximum absolute atomic E-state index is 12.6. The summed E-state index contributed by atoms with van der Waals surface area (Å²) in [6.07, 6.45) is 5.46. The molecule has 3 rings (SSSR count). The van der Waals surface area contributed by atoms with E-state index < -0.39 is 0 Å². The molecule has 5 heteroatoms. The van der Waals surface area contributed by atoms with Gasteiger partial charge in [0.25, 0.3) is 0 Å². The van der Waals surface area contributed by atoms with E-state index in [2.05, 4.69) is 51.4 Å². The van der Waals surface area contributed by atoms with E-state index in [-0.39, 0.29) is 17.9 Å². The van der Waals surface area contributed by atoms with Gasteiger partial charge in [0.1, 0.15) is 0 Å². The lowest BCUT2D eigenvalue weighted by Gasteiger charge is -2.32. The fourth-order valence-electron chi connectivity index (χ4n) is 3.39. The molecule has 1 amide bonds. The van der Waals surface area contributed by atoms with Gasteiger partial charge < -0.3 is 10.2 Å². The summed E-state index contributed by atoms with van der Waals surface area (Å²) in [6, 6.07) is 12.5. The van der Waals surface area contributed by atoms with E-state index in [1.807, 2.05) is 19.1 Å². The normalized spacial score (nSPS) is 16.3. The van der Waals surface area contributed by atoms with Gasteiger partial charge in [-0.1, -0.05) is 30.3 Å². The predicted molar refractivity (Wildman–Crippen MR) is 104 cm³/mol. The summed E-state index contributed by atoms with van der Waals surface area (Å²) in [5, 5.41) is 3.19. The number of nitrogens with one attached hydrogen (secondary N) is 1. The van der Waals surface area contributed by atoms with Crippen molar-refractivity contribution < 1.29 is 4.79 Å². The van der Waals surface area contributed by atoms with Crippen molar-refractivity contribution in [2.45, 2.75) is 45.6 Å². The zero-order valence-corrected chi connectivity index (χ0v) is 15.7. The van der Waals surface area contributed by atoms with Gasteiger partial charge in [-0.15, -0.1) is 0 Å². The second-order valence-corrected chi connectivity index (χ2v) is 7.19. The van der Waals surface area contributed by atoms with E-state index in [1.165, 1.54) is 5.56 Å². The number of nitrogens with zero attached hydrogens (tertiary/aromatic N) is 3. The third-order valence-electron chi connectivity index (χ3n) is 5.03. The fraction of sp³-hybridized carbons (Fsp3) is 0.476. The topological polar surface area (TPSA) is 58.1 Å². The molecule has 0 bridgehead atoms. The molecule has 1 atom stereocenters. The van der Waals surface area contributed by atoms with Gasteiger partial charge in [-0.05, 0) is 51.2 Å². The number of aryl methyl sites for hydroxylation is 2. The van der Waals surface area contributed by atoms with E-state index in [9.17, 15) is 4.79 Å². The van der Waals surface area contributed by atoms with Crippen molar-refractivity contribution in [3.8, 4) is 0 Å². The molecule has 2 aromatic rings. The quantitative estimate of drug-likeness (QED) is 0.868. The number of carbonyl (C=O) groups is 1. The van der Waals surface area contributed by atoms with E-state index in [1.54, 1.807) is 6.20 Å². The molecular formula is C21H28N4O. The van der Waals surface area contributed by atoms with Crippen molar-refractivity contribution in [3.05, 3.63) is 53.9 Å². The fourth-order valence-corrected chi connectivity index (χ4v) is 3.39. The predicted octanol–water partition coefficient (Wildman–Crippen LogP) is 3.14. The summed E-state index contributed by atoms with van der Waals surface area (Å²) in [5.74, 6) is 1.06. The molecule has 26 heavy (non-hydrogen) atoms. The average molecular weight is 352 g/mol. The number of hydrogen-bond donors (Lipinski definition) is 1. The van der Waals surface area contributed by atoms with Gasteiger partial charge in [-0.25, -0.2) is 9.97 Å². The van der Waals surface area contributed by atoms with Gasteiger partial charge in [-0.3, -0.25) is 4.79 Å². The number of hydrogen-bond acceptors (Lipinski definition) is 4. The first-order valence-corrected chi connectivity index (χ1v) is 9.50. The minimum Gasteiger partial charge on any atom is -0.353 e. The number of piperidine rings is 1. The van der Waals surface area contributed by atoms with Crippen LogP contribution in [0.15, 0.2) is 42.6 Å². The maximum atomic E-state index is 12.6. The first-order chi connectivity index (χ1) is 12.6. The lowest BCUT2D eigenvalue weighted by atomic mass is 9.95. The van der Waals surface area contributed by atoms with Crippen molar-refractivity contribution in [2.24, 2.45) is 5.92 Å².